The van der Waals surface area contributed by atoms with Gasteiger partial charge in [0.25, 0.3) is 0 Å². The average Bonchev–Trinajstić information content (AvgIpc) is 2.95. The molecule has 1 fully saturated rings. The third-order valence-corrected chi connectivity index (χ3v) is 4.46. The summed E-state index contributed by atoms with van der Waals surface area (Å²) in [4.78, 5) is 12.8. The van der Waals surface area contributed by atoms with Crippen molar-refractivity contribution in [3.05, 3.63) is 22.4 Å². The first-order valence-electron chi connectivity index (χ1n) is 6.23. The molecule has 0 aliphatic heterocycles. The van der Waals surface area contributed by atoms with Gasteiger partial charge >= 0.3 is 0 Å². The van der Waals surface area contributed by atoms with Crippen LogP contribution in [0.15, 0.2) is 17.5 Å². The highest BCUT2D eigenvalue weighted by Crippen LogP contribution is 2.29. The van der Waals surface area contributed by atoms with E-state index in [1.165, 1.54) is 30.6 Å². The summed E-state index contributed by atoms with van der Waals surface area (Å²) in [7, 11) is 0. The Labute approximate surface area is 106 Å². The smallest absolute Gasteiger partial charge is 0.242 e. The van der Waals surface area contributed by atoms with E-state index < -0.39 is 6.04 Å². The summed E-state index contributed by atoms with van der Waals surface area (Å²) in [6.07, 6.45) is 3.75. The zero-order chi connectivity index (χ0) is 12.3. The third-order valence-electron chi connectivity index (χ3n) is 3.50. The van der Waals surface area contributed by atoms with Crippen molar-refractivity contribution in [3.63, 3.8) is 0 Å². The summed E-state index contributed by atoms with van der Waals surface area (Å²) < 4.78 is 0. The highest BCUT2D eigenvalue weighted by molar-refractivity contribution is 7.10. The molecule has 0 bridgehead atoms. The Hall–Kier alpha value is -0.870. The second kappa shape index (κ2) is 5.65. The fraction of sp³-hybridized carbons (Fsp3) is 0.615. The number of hydrogen-bond donors (Lipinski definition) is 2. The van der Waals surface area contributed by atoms with E-state index in [2.05, 4.69) is 12.2 Å². The normalized spacial score (nSPS) is 25.8. The minimum absolute atomic E-state index is 0.0491. The first-order valence-corrected chi connectivity index (χ1v) is 7.11. The molecule has 94 valence electrons. The van der Waals surface area contributed by atoms with E-state index in [0.717, 1.165) is 17.3 Å². The number of rotatable bonds is 4. The molecule has 2 rings (SSSR count). The van der Waals surface area contributed by atoms with Crippen molar-refractivity contribution < 1.29 is 4.79 Å². The number of carbonyl (C=O) groups excluding carboxylic acids is 1. The average molecular weight is 252 g/mol. The van der Waals surface area contributed by atoms with Gasteiger partial charge in [-0.15, -0.1) is 11.3 Å². The van der Waals surface area contributed by atoms with Gasteiger partial charge < -0.3 is 11.1 Å². The molecule has 0 saturated heterocycles. The van der Waals surface area contributed by atoms with Gasteiger partial charge in [0.05, 0.1) is 0 Å². The van der Waals surface area contributed by atoms with Gasteiger partial charge in [0.15, 0.2) is 0 Å². The van der Waals surface area contributed by atoms with E-state index >= 15 is 0 Å². The van der Waals surface area contributed by atoms with Crippen molar-refractivity contribution in [2.24, 2.45) is 17.6 Å². The molecule has 3 unspecified atom stereocenters. The lowest BCUT2D eigenvalue weighted by Gasteiger charge is -2.14. The Morgan fingerprint density at radius 3 is 3.06 bits per heavy atom. The van der Waals surface area contributed by atoms with Crippen molar-refractivity contribution in [1.82, 2.24) is 5.32 Å². The molecule has 1 aliphatic carbocycles. The van der Waals surface area contributed by atoms with Gasteiger partial charge in [-0.05, 0) is 36.1 Å². The van der Waals surface area contributed by atoms with Crippen LogP contribution in [0.2, 0.25) is 0 Å². The molecule has 1 aromatic rings. The second-order valence-electron chi connectivity index (χ2n) is 5.02. The van der Waals surface area contributed by atoms with Gasteiger partial charge in [-0.3, -0.25) is 4.79 Å². The van der Waals surface area contributed by atoms with Crippen LogP contribution >= 0.6 is 11.3 Å². The molecular weight excluding hydrogens is 232 g/mol. The molecule has 1 amide bonds. The first-order chi connectivity index (χ1) is 8.16. The predicted octanol–water partition coefficient (Wildman–Crippen LogP) is 2.30. The monoisotopic (exact) mass is 252 g/mol. The minimum atomic E-state index is -0.506. The Kier molecular flexibility index (Phi) is 4.18. The zero-order valence-electron chi connectivity index (χ0n) is 10.2. The molecule has 1 heterocycles. The summed E-state index contributed by atoms with van der Waals surface area (Å²) in [6, 6.07) is 3.33. The van der Waals surface area contributed by atoms with Crippen LogP contribution in [-0.2, 0) is 4.79 Å². The number of nitrogens with two attached hydrogens (primary N) is 1. The van der Waals surface area contributed by atoms with E-state index in [0.29, 0.717) is 5.92 Å². The molecule has 0 radical (unpaired) electrons. The lowest BCUT2D eigenvalue weighted by Crippen LogP contribution is -2.36. The molecular formula is C13H20N2OS. The van der Waals surface area contributed by atoms with Gasteiger partial charge in [0.2, 0.25) is 5.91 Å². The minimum Gasteiger partial charge on any atom is -0.354 e. The molecule has 1 saturated carbocycles. The summed E-state index contributed by atoms with van der Waals surface area (Å²) in [5, 5.41) is 4.92. The molecule has 4 heteroatoms. The zero-order valence-corrected chi connectivity index (χ0v) is 11.0. The maximum absolute atomic E-state index is 11.9. The first kappa shape index (κ1) is 12.6. The summed E-state index contributed by atoms with van der Waals surface area (Å²) >= 11 is 1.53. The number of amides is 1. The van der Waals surface area contributed by atoms with Crippen LogP contribution in [0.1, 0.15) is 37.1 Å². The molecule has 0 aromatic carbocycles. The quantitative estimate of drug-likeness (QED) is 0.864. The SMILES string of the molecule is CC1CCC(CNC(=O)C(N)c2cccs2)C1. The lowest BCUT2D eigenvalue weighted by molar-refractivity contribution is -0.122. The van der Waals surface area contributed by atoms with E-state index in [-0.39, 0.29) is 5.91 Å². The van der Waals surface area contributed by atoms with Crippen LogP contribution in [0.5, 0.6) is 0 Å². The van der Waals surface area contributed by atoms with E-state index in [1.54, 1.807) is 0 Å². The summed E-state index contributed by atoms with van der Waals surface area (Å²) in [5.41, 5.74) is 5.89. The van der Waals surface area contributed by atoms with Crippen molar-refractivity contribution in [3.8, 4) is 0 Å². The molecule has 1 aliphatic rings. The van der Waals surface area contributed by atoms with Crippen molar-refractivity contribution >= 4 is 17.2 Å². The van der Waals surface area contributed by atoms with Gasteiger partial charge in [0, 0.05) is 11.4 Å². The molecule has 3 atom stereocenters. The lowest BCUT2D eigenvalue weighted by atomic mass is 10.1. The van der Waals surface area contributed by atoms with Crippen LogP contribution in [0, 0.1) is 11.8 Å². The fourth-order valence-electron chi connectivity index (χ4n) is 2.46. The van der Waals surface area contributed by atoms with Crippen LogP contribution in [-0.4, -0.2) is 12.5 Å². The molecule has 3 nitrogen and oxygen atoms in total. The second-order valence-corrected chi connectivity index (χ2v) is 6.00. The van der Waals surface area contributed by atoms with Crippen LogP contribution in [0.25, 0.3) is 0 Å². The number of nitrogens with one attached hydrogen (secondary N) is 1. The largest absolute Gasteiger partial charge is 0.354 e. The van der Waals surface area contributed by atoms with Crippen LogP contribution < -0.4 is 11.1 Å². The van der Waals surface area contributed by atoms with Crippen molar-refractivity contribution in [1.29, 1.82) is 0 Å². The van der Waals surface area contributed by atoms with Gasteiger partial charge in [-0.25, -0.2) is 0 Å². The van der Waals surface area contributed by atoms with Crippen LogP contribution in [0.4, 0.5) is 0 Å². The Morgan fingerprint density at radius 2 is 2.47 bits per heavy atom. The number of carbonyl (C=O) groups is 1. The van der Waals surface area contributed by atoms with E-state index in [1.807, 2.05) is 17.5 Å². The fourth-order valence-corrected chi connectivity index (χ4v) is 3.19. The highest BCUT2D eigenvalue weighted by Gasteiger charge is 2.23. The molecule has 17 heavy (non-hydrogen) atoms. The Bertz CT molecular complexity index is 364. The van der Waals surface area contributed by atoms with Crippen LogP contribution in [0.3, 0.4) is 0 Å². The molecule has 3 N–H and O–H groups in total. The summed E-state index contributed by atoms with van der Waals surface area (Å²) in [6.45, 7) is 3.06. The predicted molar refractivity (Wildman–Crippen MR) is 70.8 cm³/mol. The van der Waals surface area contributed by atoms with Gasteiger partial charge in [-0.2, -0.15) is 0 Å². The number of hydrogen-bond acceptors (Lipinski definition) is 3. The number of thiophene rings is 1. The maximum Gasteiger partial charge on any atom is 0.242 e. The van der Waals surface area contributed by atoms with Crippen molar-refractivity contribution in [2.45, 2.75) is 32.2 Å². The van der Waals surface area contributed by atoms with Gasteiger partial charge in [0.1, 0.15) is 6.04 Å². The third kappa shape index (κ3) is 3.30. The van der Waals surface area contributed by atoms with E-state index in [4.69, 9.17) is 5.73 Å². The Morgan fingerprint density at radius 1 is 1.65 bits per heavy atom. The maximum atomic E-state index is 11.9. The van der Waals surface area contributed by atoms with E-state index in [9.17, 15) is 4.79 Å². The Balaban J connectivity index is 1.77. The summed E-state index contributed by atoms with van der Waals surface area (Å²) in [5.74, 6) is 1.40. The standard InChI is InChI=1S/C13H20N2OS/c1-9-4-5-10(7-9)8-15-13(16)12(14)11-3-2-6-17-11/h2-3,6,9-10,12H,4-5,7-8,14H2,1H3,(H,15,16). The highest BCUT2D eigenvalue weighted by atomic mass is 32.1. The topological polar surface area (TPSA) is 55.1 Å². The molecule has 1 aromatic heterocycles. The molecule has 0 spiro atoms. The van der Waals surface area contributed by atoms with Gasteiger partial charge in [-0.1, -0.05) is 19.4 Å². The van der Waals surface area contributed by atoms with Crippen molar-refractivity contribution in [2.75, 3.05) is 6.54 Å².